The smallest absolute Gasteiger partial charge is 0.337 e. The number of ether oxygens (including phenoxy) is 1. The number of halogens is 2. The molecule has 0 amide bonds. The molecule has 0 saturated heterocycles. The number of methoxy groups -OCH3 is 1. The molecule has 0 fully saturated rings. The number of esters is 1. The minimum Gasteiger partial charge on any atom is -0.465 e. The first-order valence-electron chi connectivity index (χ1n) is 11.4. The van der Waals surface area contributed by atoms with E-state index in [1.807, 2.05) is 24.3 Å². The van der Waals surface area contributed by atoms with Crippen LogP contribution in [0.5, 0.6) is 0 Å². The zero-order valence-corrected chi connectivity index (χ0v) is 19.9. The van der Waals surface area contributed by atoms with Crippen LogP contribution in [0.1, 0.15) is 41.6 Å². The average Bonchev–Trinajstić information content (AvgIpc) is 3.26. The molecule has 0 bridgehead atoms. The summed E-state index contributed by atoms with van der Waals surface area (Å²) in [4.78, 5) is 15.3. The van der Waals surface area contributed by atoms with Gasteiger partial charge in [0.25, 0.3) is 0 Å². The number of carbonyl (C=O) groups excluding carboxylic acids is 1. The van der Waals surface area contributed by atoms with Gasteiger partial charge >= 0.3 is 5.97 Å². The van der Waals surface area contributed by atoms with E-state index in [-0.39, 0.29) is 5.82 Å². The van der Waals surface area contributed by atoms with Gasteiger partial charge in [-0.1, -0.05) is 35.9 Å². The number of aromatic nitrogens is 1. The average molecular weight is 485 g/mol. The third-order valence-electron chi connectivity index (χ3n) is 6.52. The van der Waals surface area contributed by atoms with Crippen LogP contribution in [0.3, 0.4) is 0 Å². The Bertz CT molecular complexity index is 1540. The van der Waals surface area contributed by atoms with Gasteiger partial charge in [-0.05, 0) is 78.8 Å². The molecule has 0 radical (unpaired) electrons. The van der Waals surface area contributed by atoms with Crippen LogP contribution in [0.2, 0.25) is 5.02 Å². The maximum Gasteiger partial charge on any atom is 0.337 e. The quantitative estimate of drug-likeness (QED) is 0.299. The number of carbonyl (C=O) groups is 1. The number of fused-ring (bicyclic) bond motifs is 1. The van der Waals surface area contributed by atoms with Crippen molar-refractivity contribution in [2.24, 2.45) is 0 Å². The topological polar surface area (TPSA) is 65.9 Å². The van der Waals surface area contributed by atoms with E-state index in [2.05, 4.69) is 11.1 Å². The number of benzene rings is 3. The van der Waals surface area contributed by atoms with Gasteiger partial charge in [0.05, 0.1) is 24.4 Å². The normalized spacial score (nSPS) is 13.7. The van der Waals surface area contributed by atoms with Crippen LogP contribution < -0.4 is 0 Å². The van der Waals surface area contributed by atoms with E-state index in [0.717, 1.165) is 75.7 Å². The van der Waals surface area contributed by atoms with Crippen molar-refractivity contribution in [1.29, 1.82) is 5.26 Å². The molecule has 0 unspecified atom stereocenters. The summed E-state index contributed by atoms with van der Waals surface area (Å²) in [7, 11) is 1.33. The molecule has 4 aromatic rings. The number of rotatable bonds is 4. The Labute approximate surface area is 207 Å². The number of aromatic amines is 1. The summed E-state index contributed by atoms with van der Waals surface area (Å²) in [6.07, 6.45) is 3.48. The number of H-pyrrole nitrogens is 1. The Morgan fingerprint density at radius 1 is 1.06 bits per heavy atom. The van der Waals surface area contributed by atoms with Crippen molar-refractivity contribution >= 4 is 34.0 Å². The highest BCUT2D eigenvalue weighted by atomic mass is 35.5. The molecular formula is C29H22ClFN2O2. The van der Waals surface area contributed by atoms with Crippen molar-refractivity contribution in [3.63, 3.8) is 0 Å². The van der Waals surface area contributed by atoms with Crippen LogP contribution >= 0.6 is 11.6 Å². The van der Waals surface area contributed by atoms with Crippen LogP contribution in [0.15, 0.2) is 66.2 Å². The van der Waals surface area contributed by atoms with Crippen molar-refractivity contribution in [1.82, 2.24) is 4.98 Å². The second-order valence-corrected chi connectivity index (χ2v) is 9.02. The van der Waals surface area contributed by atoms with Crippen molar-refractivity contribution in [3.05, 3.63) is 88.2 Å². The van der Waals surface area contributed by atoms with Crippen molar-refractivity contribution in [2.45, 2.75) is 25.7 Å². The molecule has 1 aromatic heterocycles. The van der Waals surface area contributed by atoms with E-state index < -0.39 is 5.97 Å². The van der Waals surface area contributed by atoms with Crippen molar-refractivity contribution in [2.75, 3.05) is 7.11 Å². The molecular weight excluding hydrogens is 463 g/mol. The Morgan fingerprint density at radius 3 is 2.63 bits per heavy atom. The first-order chi connectivity index (χ1) is 17.0. The molecule has 3 aromatic carbocycles. The van der Waals surface area contributed by atoms with Gasteiger partial charge in [-0.2, -0.15) is 5.26 Å². The van der Waals surface area contributed by atoms with E-state index in [1.54, 1.807) is 24.3 Å². The summed E-state index contributed by atoms with van der Waals surface area (Å²) in [5.41, 5.74) is 7.23. The van der Waals surface area contributed by atoms with Crippen molar-refractivity contribution in [3.8, 4) is 28.5 Å². The van der Waals surface area contributed by atoms with Gasteiger partial charge in [-0.25, -0.2) is 9.18 Å². The Balaban J connectivity index is 1.69. The van der Waals surface area contributed by atoms with Crippen LogP contribution in [-0.4, -0.2) is 18.1 Å². The molecule has 0 atom stereocenters. The first kappa shape index (κ1) is 22.9. The Hall–Kier alpha value is -3.88. The lowest BCUT2D eigenvalue weighted by Crippen LogP contribution is -2.01. The number of hydrogen-bond acceptors (Lipinski definition) is 3. The summed E-state index contributed by atoms with van der Waals surface area (Å²) in [5, 5.41) is 11.0. The fourth-order valence-corrected chi connectivity index (χ4v) is 5.12. The Morgan fingerprint density at radius 2 is 1.86 bits per heavy atom. The van der Waals surface area contributed by atoms with Crippen molar-refractivity contribution < 1.29 is 13.9 Å². The van der Waals surface area contributed by atoms with E-state index in [1.165, 1.54) is 19.2 Å². The van der Waals surface area contributed by atoms with Crippen LogP contribution in [-0.2, 0) is 4.74 Å². The van der Waals surface area contributed by atoms with Gasteiger partial charge in [-0.3, -0.25) is 0 Å². The molecule has 0 saturated carbocycles. The predicted molar refractivity (Wildman–Crippen MR) is 136 cm³/mol. The molecule has 4 nitrogen and oxygen atoms in total. The highest BCUT2D eigenvalue weighted by molar-refractivity contribution is 6.33. The molecule has 35 heavy (non-hydrogen) atoms. The second kappa shape index (κ2) is 9.40. The zero-order valence-electron chi connectivity index (χ0n) is 19.1. The highest BCUT2D eigenvalue weighted by Crippen LogP contribution is 2.42. The van der Waals surface area contributed by atoms with E-state index in [0.29, 0.717) is 10.6 Å². The molecule has 5 rings (SSSR count). The lowest BCUT2D eigenvalue weighted by molar-refractivity contribution is 0.0600. The standard InChI is InChI=1S/C29H22ClFN2O2/c1-35-29(34)19-9-11-22(25(30)14-19)17-6-4-7-18(13-17)28-27(23-8-3-2-5-20(23)16-32)24-15-21(31)10-12-26(24)33-28/h4,6-7,9-15,33H,2-3,5,8H2,1H3. The fourth-order valence-electron chi connectivity index (χ4n) is 4.83. The van der Waals surface area contributed by atoms with Gasteiger partial charge < -0.3 is 9.72 Å². The van der Waals surface area contributed by atoms with Gasteiger partial charge in [0.2, 0.25) is 0 Å². The summed E-state index contributed by atoms with van der Waals surface area (Å²) in [6, 6.07) is 20.1. The molecule has 6 heteroatoms. The van der Waals surface area contributed by atoms with E-state index in [9.17, 15) is 14.4 Å². The van der Waals surface area contributed by atoms with Crippen LogP contribution in [0, 0.1) is 17.1 Å². The van der Waals surface area contributed by atoms with E-state index >= 15 is 0 Å². The fraction of sp³-hybridized carbons (Fsp3) is 0.172. The molecule has 1 heterocycles. The summed E-state index contributed by atoms with van der Waals surface area (Å²) < 4.78 is 19.1. The zero-order chi connectivity index (χ0) is 24.5. The van der Waals surface area contributed by atoms with Gasteiger partial charge in [0.15, 0.2) is 0 Å². The monoisotopic (exact) mass is 484 g/mol. The van der Waals surface area contributed by atoms with Crippen LogP contribution in [0.25, 0.3) is 38.9 Å². The minimum absolute atomic E-state index is 0.314. The summed E-state index contributed by atoms with van der Waals surface area (Å²) in [5.74, 6) is -0.762. The van der Waals surface area contributed by atoms with Gasteiger partial charge in [-0.15, -0.1) is 0 Å². The van der Waals surface area contributed by atoms with E-state index in [4.69, 9.17) is 16.3 Å². The molecule has 1 aliphatic rings. The minimum atomic E-state index is -0.448. The number of hydrogen-bond donors (Lipinski definition) is 1. The lowest BCUT2D eigenvalue weighted by atomic mass is 9.85. The predicted octanol–water partition coefficient (Wildman–Crippen LogP) is 7.93. The second-order valence-electron chi connectivity index (χ2n) is 8.61. The van der Waals surface area contributed by atoms with Gasteiger partial charge in [0, 0.05) is 32.6 Å². The third-order valence-corrected chi connectivity index (χ3v) is 6.83. The number of nitriles is 1. The molecule has 174 valence electrons. The largest absolute Gasteiger partial charge is 0.465 e. The molecule has 0 aliphatic heterocycles. The lowest BCUT2D eigenvalue weighted by Gasteiger charge is -2.18. The molecule has 1 aliphatic carbocycles. The molecule has 1 N–H and O–H groups in total. The summed E-state index contributed by atoms with van der Waals surface area (Å²) >= 11 is 6.54. The highest BCUT2D eigenvalue weighted by Gasteiger charge is 2.23. The summed E-state index contributed by atoms with van der Waals surface area (Å²) in [6.45, 7) is 0. The third kappa shape index (κ3) is 4.22. The first-order valence-corrected chi connectivity index (χ1v) is 11.8. The Kier molecular flexibility index (Phi) is 6.15. The maximum atomic E-state index is 14.3. The van der Waals surface area contributed by atoms with Crippen LogP contribution in [0.4, 0.5) is 4.39 Å². The number of allylic oxidation sites excluding steroid dienone is 2. The SMILES string of the molecule is COC(=O)c1ccc(-c2cccc(-c3[nH]c4ccc(F)cc4c3C3=C(C#N)CCCC3)c2)c(Cl)c1. The maximum absolute atomic E-state index is 14.3. The molecule has 0 spiro atoms. The van der Waals surface area contributed by atoms with Gasteiger partial charge in [0.1, 0.15) is 5.82 Å². The number of nitrogens with one attached hydrogen (secondary N) is 1. The number of nitrogens with zero attached hydrogens (tertiary/aromatic N) is 1.